The van der Waals surface area contributed by atoms with Crippen molar-refractivity contribution in [2.24, 2.45) is 0 Å². The highest BCUT2D eigenvalue weighted by Crippen LogP contribution is 1.94. The van der Waals surface area contributed by atoms with Crippen LogP contribution in [0.15, 0.2) is 0 Å². The molecule has 1 aliphatic heterocycles. The molecular weight excluding hydrogens is 118 g/mol. The van der Waals surface area contributed by atoms with Gasteiger partial charge in [0.05, 0.1) is 0 Å². The molecule has 3 nitrogen and oxygen atoms in total. The third kappa shape index (κ3) is 1.36. The summed E-state index contributed by atoms with van der Waals surface area (Å²) in [6, 6.07) is -0.0949. The lowest BCUT2D eigenvalue weighted by Gasteiger charge is -1.91. The zero-order valence-corrected chi connectivity index (χ0v) is 5.10. The van der Waals surface area contributed by atoms with E-state index in [9.17, 15) is 4.79 Å². The van der Waals surface area contributed by atoms with Crippen LogP contribution in [0.1, 0.15) is 6.92 Å². The van der Waals surface area contributed by atoms with Crippen molar-refractivity contribution in [2.75, 3.05) is 6.61 Å². The van der Waals surface area contributed by atoms with Crippen LogP contribution in [-0.4, -0.2) is 18.7 Å². The molecule has 0 aromatic carbocycles. The number of hydrogen-bond donors (Lipinski definition) is 1. The fourth-order valence-electron chi connectivity index (χ4n) is 0.637. The Morgan fingerprint density at radius 3 is 3.11 bits per heavy atom. The van der Waals surface area contributed by atoms with Crippen molar-refractivity contribution in [3.8, 4) is 11.8 Å². The van der Waals surface area contributed by atoms with Crippen LogP contribution in [-0.2, 0) is 4.74 Å². The van der Waals surface area contributed by atoms with Crippen LogP contribution in [0.25, 0.3) is 0 Å². The van der Waals surface area contributed by atoms with Crippen LogP contribution < -0.4 is 5.32 Å². The van der Waals surface area contributed by atoms with Crippen LogP contribution in [0.5, 0.6) is 0 Å². The highest BCUT2D eigenvalue weighted by atomic mass is 16.6. The van der Waals surface area contributed by atoms with E-state index in [0.29, 0.717) is 6.61 Å². The number of ether oxygens (including phenoxy) is 1. The van der Waals surface area contributed by atoms with E-state index in [-0.39, 0.29) is 12.1 Å². The van der Waals surface area contributed by atoms with Crippen LogP contribution in [0, 0.1) is 11.8 Å². The minimum Gasteiger partial charge on any atom is -0.446 e. The van der Waals surface area contributed by atoms with Gasteiger partial charge in [-0.2, -0.15) is 0 Å². The van der Waals surface area contributed by atoms with Gasteiger partial charge < -0.3 is 10.1 Å². The van der Waals surface area contributed by atoms with E-state index in [1.54, 1.807) is 6.92 Å². The molecule has 48 valence electrons. The number of cyclic esters (lactones) is 1. The van der Waals surface area contributed by atoms with E-state index in [1.165, 1.54) is 0 Å². The summed E-state index contributed by atoms with van der Waals surface area (Å²) in [4.78, 5) is 10.3. The molecule has 0 unspecified atom stereocenters. The second-order valence-corrected chi connectivity index (χ2v) is 1.69. The summed E-state index contributed by atoms with van der Waals surface area (Å²) in [6.45, 7) is 2.10. The average molecular weight is 125 g/mol. The lowest BCUT2D eigenvalue weighted by molar-refractivity contribution is 0.177. The molecule has 0 aliphatic carbocycles. The van der Waals surface area contributed by atoms with Gasteiger partial charge in [0.2, 0.25) is 0 Å². The second-order valence-electron chi connectivity index (χ2n) is 1.69. The molecule has 1 saturated heterocycles. The Bertz CT molecular complexity index is 177. The molecule has 1 fully saturated rings. The van der Waals surface area contributed by atoms with Gasteiger partial charge in [-0.1, -0.05) is 5.92 Å². The first-order valence-electron chi connectivity index (χ1n) is 2.68. The molecule has 9 heavy (non-hydrogen) atoms. The number of rotatable bonds is 0. The standard InChI is InChI=1S/C6H7NO2/c1-2-3-5-4-9-6(8)7-5/h5H,4H2,1H3,(H,7,8)/t5-/m1/s1. The van der Waals surface area contributed by atoms with E-state index in [1.807, 2.05) is 0 Å². The van der Waals surface area contributed by atoms with Crippen molar-refractivity contribution >= 4 is 6.09 Å². The van der Waals surface area contributed by atoms with E-state index < -0.39 is 0 Å². The third-order valence-corrected chi connectivity index (χ3v) is 0.992. The summed E-state index contributed by atoms with van der Waals surface area (Å²) in [5, 5.41) is 2.52. The summed E-state index contributed by atoms with van der Waals surface area (Å²) >= 11 is 0. The van der Waals surface area contributed by atoms with Gasteiger partial charge in [0.15, 0.2) is 0 Å². The number of carbonyl (C=O) groups is 1. The maximum Gasteiger partial charge on any atom is 0.408 e. The number of alkyl carbamates (subject to hydrolysis) is 1. The van der Waals surface area contributed by atoms with E-state index in [0.717, 1.165) is 0 Å². The topological polar surface area (TPSA) is 38.3 Å². The minimum atomic E-state index is -0.372. The first-order chi connectivity index (χ1) is 4.33. The lowest BCUT2D eigenvalue weighted by Crippen LogP contribution is -2.23. The monoisotopic (exact) mass is 125 g/mol. The number of hydrogen-bond acceptors (Lipinski definition) is 2. The highest BCUT2D eigenvalue weighted by Gasteiger charge is 2.18. The van der Waals surface area contributed by atoms with Crippen LogP contribution >= 0.6 is 0 Å². The molecule has 1 rings (SSSR count). The van der Waals surface area contributed by atoms with Gasteiger partial charge >= 0.3 is 6.09 Å². The van der Waals surface area contributed by atoms with Gasteiger partial charge in [-0.15, -0.1) is 5.92 Å². The zero-order chi connectivity index (χ0) is 6.69. The summed E-state index contributed by atoms with van der Waals surface area (Å²) < 4.78 is 4.57. The first-order valence-corrected chi connectivity index (χ1v) is 2.68. The van der Waals surface area contributed by atoms with Gasteiger partial charge in [0, 0.05) is 0 Å². The Morgan fingerprint density at radius 2 is 2.67 bits per heavy atom. The summed E-state index contributed by atoms with van der Waals surface area (Å²) in [6.07, 6.45) is -0.372. The van der Waals surface area contributed by atoms with Crippen LogP contribution in [0.2, 0.25) is 0 Å². The van der Waals surface area contributed by atoms with E-state index >= 15 is 0 Å². The maximum absolute atomic E-state index is 10.3. The van der Waals surface area contributed by atoms with Gasteiger partial charge in [-0.3, -0.25) is 0 Å². The van der Waals surface area contributed by atoms with E-state index in [2.05, 4.69) is 21.9 Å². The smallest absolute Gasteiger partial charge is 0.408 e. The van der Waals surface area contributed by atoms with Gasteiger partial charge in [-0.05, 0) is 6.92 Å². The highest BCUT2D eigenvalue weighted by molar-refractivity contribution is 5.70. The predicted molar refractivity (Wildman–Crippen MR) is 31.7 cm³/mol. The molecule has 1 atom stereocenters. The summed E-state index contributed by atoms with van der Waals surface area (Å²) in [7, 11) is 0. The Kier molecular flexibility index (Phi) is 1.59. The fraction of sp³-hybridized carbons (Fsp3) is 0.500. The van der Waals surface area contributed by atoms with Gasteiger partial charge in [-0.25, -0.2) is 4.79 Å². The molecule has 1 amide bonds. The molecule has 1 heterocycles. The van der Waals surface area contributed by atoms with Crippen molar-refractivity contribution < 1.29 is 9.53 Å². The Labute approximate surface area is 53.4 Å². The number of carbonyl (C=O) groups excluding carboxylic acids is 1. The molecule has 3 heteroatoms. The zero-order valence-electron chi connectivity index (χ0n) is 5.10. The SMILES string of the molecule is CC#C[C@@H]1COC(=O)N1. The Hall–Kier alpha value is -1.17. The number of amides is 1. The predicted octanol–water partition coefficient (Wildman–Crippen LogP) is 0.118. The van der Waals surface area contributed by atoms with Gasteiger partial charge in [0.1, 0.15) is 12.6 Å². The van der Waals surface area contributed by atoms with Crippen molar-refractivity contribution in [2.45, 2.75) is 13.0 Å². The third-order valence-electron chi connectivity index (χ3n) is 0.992. The Balaban J connectivity index is 2.45. The molecule has 0 spiro atoms. The molecule has 0 bridgehead atoms. The fourth-order valence-corrected chi connectivity index (χ4v) is 0.637. The van der Waals surface area contributed by atoms with Crippen molar-refractivity contribution in [1.82, 2.24) is 5.32 Å². The Morgan fingerprint density at radius 1 is 1.89 bits per heavy atom. The minimum absolute atomic E-state index is 0.0949. The van der Waals surface area contributed by atoms with Gasteiger partial charge in [0.25, 0.3) is 0 Å². The van der Waals surface area contributed by atoms with Crippen molar-refractivity contribution in [3.05, 3.63) is 0 Å². The first kappa shape index (κ1) is 5.96. The van der Waals surface area contributed by atoms with E-state index in [4.69, 9.17) is 0 Å². The molecular formula is C6H7NO2. The summed E-state index contributed by atoms with van der Waals surface area (Å²) in [5.74, 6) is 5.45. The molecule has 0 aromatic rings. The number of nitrogens with one attached hydrogen (secondary N) is 1. The molecule has 0 aromatic heterocycles. The summed E-state index contributed by atoms with van der Waals surface area (Å²) in [5.41, 5.74) is 0. The van der Waals surface area contributed by atoms with Crippen molar-refractivity contribution in [1.29, 1.82) is 0 Å². The molecule has 0 radical (unpaired) electrons. The average Bonchev–Trinajstić information content (AvgIpc) is 2.17. The molecule has 1 aliphatic rings. The maximum atomic E-state index is 10.3. The molecule has 0 saturated carbocycles. The van der Waals surface area contributed by atoms with Crippen LogP contribution in [0.3, 0.4) is 0 Å². The van der Waals surface area contributed by atoms with Crippen molar-refractivity contribution in [3.63, 3.8) is 0 Å². The lowest BCUT2D eigenvalue weighted by atomic mass is 10.3. The quantitative estimate of drug-likeness (QED) is 0.467. The molecule has 1 N–H and O–H groups in total. The second kappa shape index (κ2) is 2.40. The normalized spacial score (nSPS) is 23.7. The van der Waals surface area contributed by atoms with Crippen LogP contribution in [0.4, 0.5) is 4.79 Å². The largest absolute Gasteiger partial charge is 0.446 e.